The average Bonchev–Trinajstić information content (AvgIpc) is 2.97. The van der Waals surface area contributed by atoms with Crippen molar-refractivity contribution in [2.45, 2.75) is 30.2 Å². The van der Waals surface area contributed by atoms with Crippen LogP contribution in [0.1, 0.15) is 22.6 Å². The van der Waals surface area contributed by atoms with Crippen molar-refractivity contribution in [3.63, 3.8) is 0 Å². The fourth-order valence-electron chi connectivity index (χ4n) is 5.74. The number of benzene rings is 3. The lowest BCUT2D eigenvalue weighted by Gasteiger charge is -2.58. The van der Waals surface area contributed by atoms with E-state index in [9.17, 15) is 23.4 Å². The molecule has 3 aromatic rings. The number of anilines is 1. The van der Waals surface area contributed by atoms with Crippen molar-refractivity contribution in [1.29, 1.82) is 0 Å². The van der Waals surface area contributed by atoms with E-state index in [1.807, 2.05) is 59.5 Å². The minimum absolute atomic E-state index is 0.0645. The number of β-amino-alcohol motifs (C(OH)–C–C–N with tert-alkyl or cyclic N) is 1. The van der Waals surface area contributed by atoms with Gasteiger partial charge in [-0.1, -0.05) is 42.2 Å². The van der Waals surface area contributed by atoms with Crippen LogP contribution in [0.5, 0.6) is 5.75 Å². The first-order valence-electron chi connectivity index (χ1n) is 13.8. The van der Waals surface area contributed by atoms with Crippen molar-refractivity contribution < 1.29 is 28.2 Å². The molecule has 0 saturated carbocycles. The molecule has 0 radical (unpaired) electrons. The van der Waals surface area contributed by atoms with Crippen molar-refractivity contribution in [3.8, 4) is 17.6 Å². The molecule has 2 amide bonds. The first-order chi connectivity index (χ1) is 20.1. The quantitative estimate of drug-likeness (QED) is 0.392. The number of hydrogen-bond acceptors (Lipinski definition) is 7. The van der Waals surface area contributed by atoms with Crippen molar-refractivity contribution in [1.82, 2.24) is 9.80 Å². The number of ether oxygens (including phenoxy) is 1. The van der Waals surface area contributed by atoms with E-state index >= 15 is 0 Å². The normalized spacial score (nSPS) is 24.2. The summed E-state index contributed by atoms with van der Waals surface area (Å²) in [6, 6.07) is 23.2. The van der Waals surface area contributed by atoms with Crippen LogP contribution in [0, 0.1) is 11.8 Å². The van der Waals surface area contributed by atoms with Gasteiger partial charge in [-0.3, -0.25) is 4.90 Å². The standard InChI is InChI=1S/C32H35N3O6S/c1-41-26-16-14-25(15-17-26)33-32(38)34-18-27-31(28(21-42(2,39)40)35(27)20-30(37)29(36)19-34)24-12-10-23(11-13-24)9-8-22-6-4-3-5-7-22/h3-7,10-17,27-31,36-37H,18-21H2,1-2H3,(H,33,38)/t27-,28+,29+,30-,31+/m0/s1. The highest BCUT2D eigenvalue weighted by atomic mass is 32.2. The molecule has 5 atom stereocenters. The number of aliphatic hydroxyl groups is 2. The monoisotopic (exact) mass is 589 g/mol. The molecule has 2 aliphatic heterocycles. The first-order valence-corrected chi connectivity index (χ1v) is 15.8. The van der Waals surface area contributed by atoms with Gasteiger partial charge in [0.05, 0.1) is 31.6 Å². The summed E-state index contributed by atoms with van der Waals surface area (Å²) < 4.78 is 30.1. The van der Waals surface area contributed by atoms with E-state index in [-0.39, 0.29) is 37.3 Å². The number of amides is 2. The van der Waals surface area contributed by atoms with Gasteiger partial charge in [-0.2, -0.15) is 0 Å². The lowest BCUT2D eigenvalue weighted by molar-refractivity contribution is -0.0957. The van der Waals surface area contributed by atoms with Gasteiger partial charge in [0.25, 0.3) is 0 Å². The Balaban J connectivity index is 1.40. The number of aliphatic hydroxyl groups excluding tert-OH is 2. The van der Waals surface area contributed by atoms with Crippen molar-refractivity contribution in [2.75, 3.05) is 44.1 Å². The molecule has 2 aliphatic rings. The van der Waals surface area contributed by atoms with Crippen LogP contribution < -0.4 is 10.1 Å². The Labute approximate surface area is 246 Å². The molecule has 2 saturated heterocycles. The Morgan fingerprint density at radius 2 is 1.52 bits per heavy atom. The summed E-state index contributed by atoms with van der Waals surface area (Å²) in [5, 5.41) is 24.3. The van der Waals surface area contributed by atoms with Crippen LogP contribution >= 0.6 is 0 Å². The molecule has 2 heterocycles. The highest BCUT2D eigenvalue weighted by Gasteiger charge is 2.52. The van der Waals surface area contributed by atoms with Gasteiger partial charge in [-0.25, -0.2) is 13.2 Å². The van der Waals surface area contributed by atoms with Crippen molar-refractivity contribution in [3.05, 3.63) is 95.6 Å². The number of nitrogens with zero attached hydrogens (tertiary/aromatic N) is 2. The van der Waals surface area contributed by atoms with Crippen LogP contribution in [0.2, 0.25) is 0 Å². The molecule has 5 rings (SSSR count). The molecule has 3 N–H and O–H groups in total. The number of hydrogen-bond donors (Lipinski definition) is 3. The fourth-order valence-corrected chi connectivity index (χ4v) is 6.76. The van der Waals surface area contributed by atoms with E-state index < -0.39 is 34.1 Å². The van der Waals surface area contributed by atoms with E-state index in [0.29, 0.717) is 11.4 Å². The van der Waals surface area contributed by atoms with Crippen LogP contribution in [0.4, 0.5) is 10.5 Å². The maximum Gasteiger partial charge on any atom is 0.321 e. The number of carbonyl (C=O) groups excluding carboxylic acids is 1. The average molecular weight is 590 g/mol. The maximum absolute atomic E-state index is 13.4. The molecule has 220 valence electrons. The molecule has 0 aliphatic carbocycles. The van der Waals surface area contributed by atoms with Crippen LogP contribution in [0.15, 0.2) is 78.9 Å². The van der Waals surface area contributed by atoms with Crippen LogP contribution in [0.25, 0.3) is 0 Å². The molecular weight excluding hydrogens is 554 g/mol. The molecule has 2 fully saturated rings. The van der Waals surface area contributed by atoms with E-state index in [4.69, 9.17) is 4.74 Å². The number of fused-ring (bicyclic) bond motifs is 1. The minimum atomic E-state index is -3.36. The molecule has 0 bridgehead atoms. The predicted molar refractivity (Wildman–Crippen MR) is 161 cm³/mol. The summed E-state index contributed by atoms with van der Waals surface area (Å²) in [6.45, 7) is 0.286. The van der Waals surface area contributed by atoms with Gasteiger partial charge in [-0.15, -0.1) is 0 Å². The van der Waals surface area contributed by atoms with E-state index in [2.05, 4.69) is 17.2 Å². The van der Waals surface area contributed by atoms with Gasteiger partial charge in [0.15, 0.2) is 0 Å². The number of rotatable bonds is 5. The second-order valence-electron chi connectivity index (χ2n) is 10.9. The van der Waals surface area contributed by atoms with Gasteiger partial charge in [-0.05, 0) is 54.1 Å². The van der Waals surface area contributed by atoms with Gasteiger partial charge in [0.2, 0.25) is 0 Å². The molecule has 0 spiro atoms. The molecule has 0 aromatic heterocycles. The second kappa shape index (κ2) is 12.5. The Bertz CT molecular complexity index is 1550. The van der Waals surface area contributed by atoms with Gasteiger partial charge in [0, 0.05) is 54.2 Å². The third kappa shape index (κ3) is 6.94. The van der Waals surface area contributed by atoms with Crippen molar-refractivity contribution in [2.24, 2.45) is 0 Å². The predicted octanol–water partition coefficient (Wildman–Crippen LogP) is 2.55. The largest absolute Gasteiger partial charge is 0.497 e. The smallest absolute Gasteiger partial charge is 0.321 e. The Morgan fingerprint density at radius 1 is 0.905 bits per heavy atom. The van der Waals surface area contributed by atoms with Gasteiger partial charge >= 0.3 is 6.03 Å². The molecule has 42 heavy (non-hydrogen) atoms. The molecule has 0 unspecified atom stereocenters. The third-order valence-corrected chi connectivity index (χ3v) is 8.81. The third-order valence-electron chi connectivity index (χ3n) is 7.86. The first kappa shape index (κ1) is 29.6. The maximum atomic E-state index is 13.4. The molecule has 9 nitrogen and oxygen atoms in total. The molecule has 10 heteroatoms. The summed E-state index contributed by atoms with van der Waals surface area (Å²) in [6.07, 6.45) is -1.14. The number of methoxy groups -OCH3 is 1. The van der Waals surface area contributed by atoms with E-state index in [1.165, 1.54) is 11.2 Å². The highest BCUT2D eigenvalue weighted by molar-refractivity contribution is 7.90. The molecule has 3 aromatic carbocycles. The lowest BCUT2D eigenvalue weighted by Crippen LogP contribution is -2.71. The summed E-state index contributed by atoms with van der Waals surface area (Å²) in [4.78, 5) is 16.8. The highest BCUT2D eigenvalue weighted by Crippen LogP contribution is 2.43. The lowest BCUT2D eigenvalue weighted by atomic mass is 9.74. The second-order valence-corrected chi connectivity index (χ2v) is 13.1. The van der Waals surface area contributed by atoms with Gasteiger partial charge < -0.3 is 25.2 Å². The summed E-state index contributed by atoms with van der Waals surface area (Å²) in [7, 11) is -1.80. The number of nitrogens with one attached hydrogen (secondary N) is 1. The van der Waals surface area contributed by atoms with Crippen LogP contribution in [0.3, 0.4) is 0 Å². The zero-order valence-corrected chi connectivity index (χ0v) is 24.4. The van der Waals surface area contributed by atoms with Crippen LogP contribution in [-0.2, 0) is 9.84 Å². The zero-order valence-electron chi connectivity index (χ0n) is 23.6. The Morgan fingerprint density at radius 3 is 2.14 bits per heavy atom. The summed E-state index contributed by atoms with van der Waals surface area (Å²) in [5.41, 5.74) is 3.23. The molecular formula is C32H35N3O6S. The van der Waals surface area contributed by atoms with Crippen molar-refractivity contribution >= 4 is 21.6 Å². The Kier molecular flexibility index (Phi) is 8.85. The number of sulfone groups is 1. The zero-order chi connectivity index (χ0) is 29.9. The van der Waals surface area contributed by atoms with Gasteiger partial charge in [0.1, 0.15) is 15.6 Å². The minimum Gasteiger partial charge on any atom is -0.497 e. The summed E-state index contributed by atoms with van der Waals surface area (Å²) in [5.74, 6) is 6.64. The Hall–Kier alpha value is -3.88. The summed E-state index contributed by atoms with van der Waals surface area (Å²) >= 11 is 0. The van der Waals surface area contributed by atoms with E-state index in [1.54, 1.807) is 31.4 Å². The fraction of sp³-hybridized carbons (Fsp3) is 0.344. The number of urea groups is 1. The topological polar surface area (TPSA) is 119 Å². The van der Waals surface area contributed by atoms with Crippen LogP contribution in [-0.4, -0.2) is 97.5 Å². The SMILES string of the molecule is COc1ccc(NC(=O)N2C[C@@H](O)[C@@H](O)CN3[C@H](CS(C)(=O)=O)[C@H](c4ccc(C#Cc5ccccc5)cc4)[C@@H]3C2)cc1. The van der Waals surface area contributed by atoms with E-state index in [0.717, 1.165) is 16.7 Å². The number of carbonyl (C=O) groups is 1.